The molecule has 0 radical (unpaired) electrons. The number of anilines is 1. The van der Waals surface area contributed by atoms with Crippen molar-refractivity contribution in [3.05, 3.63) is 66.9 Å². The van der Waals surface area contributed by atoms with Crippen LogP contribution in [0.2, 0.25) is 0 Å². The summed E-state index contributed by atoms with van der Waals surface area (Å²) in [4.78, 5) is 15.9. The fourth-order valence-electron chi connectivity index (χ4n) is 1.88. The average Bonchev–Trinajstić information content (AvgIpc) is 3.04. The summed E-state index contributed by atoms with van der Waals surface area (Å²) in [7, 11) is 0. The van der Waals surface area contributed by atoms with Crippen molar-refractivity contribution in [1.82, 2.24) is 14.8 Å². The molecule has 0 aliphatic heterocycles. The number of benzene rings is 1. The second-order valence-corrected chi connectivity index (χ2v) is 4.69. The number of pyridine rings is 1. The van der Waals surface area contributed by atoms with Gasteiger partial charge in [0.25, 0.3) is 0 Å². The third-order valence-electron chi connectivity index (χ3n) is 2.92. The minimum Gasteiger partial charge on any atom is -0.456 e. The van der Waals surface area contributed by atoms with E-state index >= 15 is 0 Å². The normalized spacial score (nSPS) is 10.3. The number of carbonyl (C=O) groups excluding carboxylic acids is 1. The first-order valence-corrected chi connectivity index (χ1v) is 6.86. The summed E-state index contributed by atoms with van der Waals surface area (Å²) in [5.41, 5.74) is 0. The van der Waals surface area contributed by atoms with E-state index in [0.717, 1.165) is 0 Å². The topological polar surface area (TPSA) is 69.0 Å². The Morgan fingerprint density at radius 3 is 2.61 bits per heavy atom. The van der Waals surface area contributed by atoms with Gasteiger partial charge in [0.05, 0.1) is 6.20 Å². The van der Waals surface area contributed by atoms with Crippen molar-refractivity contribution < 1.29 is 13.9 Å². The van der Waals surface area contributed by atoms with Crippen LogP contribution in [0.4, 0.5) is 10.2 Å². The first-order chi connectivity index (χ1) is 11.2. The number of halogens is 1. The molecule has 0 atom stereocenters. The van der Waals surface area contributed by atoms with Gasteiger partial charge in [-0.05, 0) is 42.5 Å². The lowest BCUT2D eigenvalue weighted by Gasteiger charge is -2.07. The molecule has 1 aromatic carbocycles. The van der Waals surface area contributed by atoms with Crippen LogP contribution in [-0.2, 0) is 11.3 Å². The fraction of sp³-hybridized carbons (Fsp3) is 0.0625. The summed E-state index contributed by atoms with van der Waals surface area (Å²) < 4.78 is 19.9. The van der Waals surface area contributed by atoms with E-state index in [0.29, 0.717) is 17.3 Å². The monoisotopic (exact) mass is 312 g/mol. The third-order valence-corrected chi connectivity index (χ3v) is 2.92. The second-order valence-electron chi connectivity index (χ2n) is 4.69. The summed E-state index contributed by atoms with van der Waals surface area (Å²) in [6.07, 6.45) is 4.78. The zero-order chi connectivity index (χ0) is 16.1. The summed E-state index contributed by atoms with van der Waals surface area (Å²) in [5, 5.41) is 6.62. The maximum absolute atomic E-state index is 12.8. The Kier molecular flexibility index (Phi) is 4.28. The average molecular weight is 312 g/mol. The quantitative estimate of drug-likeness (QED) is 0.786. The molecule has 0 saturated carbocycles. The van der Waals surface area contributed by atoms with Gasteiger partial charge in [0.2, 0.25) is 5.91 Å². The van der Waals surface area contributed by atoms with Gasteiger partial charge in [0.1, 0.15) is 29.7 Å². The van der Waals surface area contributed by atoms with Gasteiger partial charge in [0, 0.05) is 12.4 Å². The van der Waals surface area contributed by atoms with Crippen molar-refractivity contribution >= 4 is 11.7 Å². The Morgan fingerprint density at radius 1 is 1.17 bits per heavy atom. The number of amides is 1. The molecule has 0 bridgehead atoms. The summed E-state index contributed by atoms with van der Waals surface area (Å²) in [6, 6.07) is 10.7. The molecule has 0 aliphatic rings. The van der Waals surface area contributed by atoms with Crippen LogP contribution >= 0.6 is 0 Å². The second kappa shape index (κ2) is 6.69. The van der Waals surface area contributed by atoms with E-state index < -0.39 is 0 Å². The summed E-state index contributed by atoms with van der Waals surface area (Å²) in [6.45, 7) is 0.114. The lowest BCUT2D eigenvalue weighted by Crippen LogP contribution is -2.19. The van der Waals surface area contributed by atoms with Gasteiger partial charge in [0.15, 0.2) is 0 Å². The van der Waals surface area contributed by atoms with E-state index in [1.807, 2.05) is 0 Å². The number of carbonyl (C=O) groups is 1. The number of hydrogen-bond acceptors (Lipinski definition) is 4. The Balaban J connectivity index is 1.58. The number of ether oxygens (including phenoxy) is 1. The number of hydrogen-bond donors (Lipinski definition) is 1. The van der Waals surface area contributed by atoms with Crippen molar-refractivity contribution in [2.75, 3.05) is 5.32 Å². The molecule has 2 aromatic heterocycles. The van der Waals surface area contributed by atoms with Gasteiger partial charge in [-0.2, -0.15) is 5.10 Å². The van der Waals surface area contributed by atoms with Crippen molar-refractivity contribution in [3.63, 3.8) is 0 Å². The molecule has 2 heterocycles. The van der Waals surface area contributed by atoms with Crippen molar-refractivity contribution in [2.45, 2.75) is 6.54 Å². The smallest absolute Gasteiger partial charge is 0.247 e. The predicted octanol–water partition coefficient (Wildman–Crippen LogP) is 2.85. The largest absolute Gasteiger partial charge is 0.456 e. The number of rotatable bonds is 5. The number of nitrogens with one attached hydrogen (secondary N) is 1. The SMILES string of the molecule is O=C(Cn1cccn1)Nc1ccc(Oc2ccc(F)cc2)cn1. The van der Waals surface area contributed by atoms with Crippen LogP contribution in [0.5, 0.6) is 11.5 Å². The highest BCUT2D eigenvalue weighted by atomic mass is 19.1. The molecule has 0 aliphatic carbocycles. The van der Waals surface area contributed by atoms with Gasteiger partial charge >= 0.3 is 0 Å². The first-order valence-electron chi connectivity index (χ1n) is 6.86. The van der Waals surface area contributed by atoms with Crippen LogP contribution in [0.3, 0.4) is 0 Å². The predicted molar refractivity (Wildman–Crippen MR) is 81.6 cm³/mol. The van der Waals surface area contributed by atoms with Gasteiger partial charge in [-0.1, -0.05) is 0 Å². The Morgan fingerprint density at radius 2 is 1.96 bits per heavy atom. The van der Waals surface area contributed by atoms with E-state index in [-0.39, 0.29) is 18.3 Å². The molecule has 1 amide bonds. The van der Waals surface area contributed by atoms with Crippen molar-refractivity contribution in [2.24, 2.45) is 0 Å². The molecule has 7 heteroatoms. The van der Waals surface area contributed by atoms with Crippen LogP contribution in [0, 0.1) is 5.82 Å². The van der Waals surface area contributed by atoms with E-state index in [4.69, 9.17) is 4.74 Å². The van der Waals surface area contributed by atoms with Crippen molar-refractivity contribution in [1.29, 1.82) is 0 Å². The highest BCUT2D eigenvalue weighted by Gasteiger charge is 2.05. The summed E-state index contributed by atoms with van der Waals surface area (Å²) in [5.74, 6) is 0.845. The van der Waals surface area contributed by atoms with Crippen LogP contribution < -0.4 is 10.1 Å². The molecule has 0 saturated heterocycles. The lowest BCUT2D eigenvalue weighted by atomic mass is 10.3. The zero-order valence-electron chi connectivity index (χ0n) is 12.0. The third kappa shape index (κ3) is 4.13. The standard InChI is InChI=1S/C16H13FN4O2/c17-12-2-4-13(5-3-12)23-14-6-7-15(18-10-14)20-16(22)11-21-9-1-8-19-21/h1-10H,11H2,(H,18,20,22). The number of aromatic nitrogens is 3. The molecule has 0 unspecified atom stereocenters. The highest BCUT2D eigenvalue weighted by Crippen LogP contribution is 2.21. The summed E-state index contributed by atoms with van der Waals surface area (Å²) >= 11 is 0. The van der Waals surface area contributed by atoms with Gasteiger partial charge < -0.3 is 10.1 Å². The Bertz CT molecular complexity index is 771. The van der Waals surface area contributed by atoms with Crippen LogP contribution in [0.15, 0.2) is 61.1 Å². The zero-order valence-corrected chi connectivity index (χ0v) is 12.0. The number of nitrogens with zero attached hydrogens (tertiary/aromatic N) is 3. The maximum Gasteiger partial charge on any atom is 0.247 e. The molecule has 0 spiro atoms. The molecule has 116 valence electrons. The maximum atomic E-state index is 12.8. The molecular formula is C16H13FN4O2. The molecule has 1 N–H and O–H groups in total. The molecule has 3 rings (SSSR count). The van der Waals surface area contributed by atoms with E-state index in [9.17, 15) is 9.18 Å². The minimum absolute atomic E-state index is 0.114. The first kappa shape index (κ1) is 14.7. The van der Waals surface area contributed by atoms with E-state index in [1.54, 1.807) is 30.6 Å². The van der Waals surface area contributed by atoms with Crippen molar-refractivity contribution in [3.8, 4) is 11.5 Å². The van der Waals surface area contributed by atoms with Crippen LogP contribution in [-0.4, -0.2) is 20.7 Å². The highest BCUT2D eigenvalue weighted by molar-refractivity contribution is 5.89. The lowest BCUT2D eigenvalue weighted by molar-refractivity contribution is -0.116. The minimum atomic E-state index is -0.328. The van der Waals surface area contributed by atoms with Gasteiger partial charge in [-0.3, -0.25) is 9.48 Å². The molecule has 6 nitrogen and oxygen atoms in total. The molecular weight excluding hydrogens is 299 g/mol. The Hall–Kier alpha value is -3.22. The van der Waals surface area contributed by atoms with Gasteiger partial charge in [-0.25, -0.2) is 9.37 Å². The van der Waals surface area contributed by atoms with Gasteiger partial charge in [-0.15, -0.1) is 0 Å². The fourth-order valence-corrected chi connectivity index (χ4v) is 1.88. The Labute approximate surface area is 131 Å². The van der Waals surface area contributed by atoms with Crippen LogP contribution in [0.1, 0.15) is 0 Å². The van der Waals surface area contributed by atoms with Crippen LogP contribution in [0.25, 0.3) is 0 Å². The molecule has 3 aromatic rings. The molecule has 23 heavy (non-hydrogen) atoms. The van der Waals surface area contributed by atoms with E-state index in [1.165, 1.54) is 35.1 Å². The van der Waals surface area contributed by atoms with E-state index in [2.05, 4.69) is 15.4 Å². The molecule has 0 fully saturated rings.